The lowest BCUT2D eigenvalue weighted by Crippen LogP contribution is -2.43. The van der Waals surface area contributed by atoms with Crippen molar-refractivity contribution >= 4 is 23.4 Å². The summed E-state index contributed by atoms with van der Waals surface area (Å²) < 4.78 is 0. The number of anilines is 1. The number of rotatable bonds is 6. The van der Waals surface area contributed by atoms with Crippen molar-refractivity contribution in [3.63, 3.8) is 0 Å². The lowest BCUT2D eigenvalue weighted by atomic mass is 9.85. The van der Waals surface area contributed by atoms with E-state index in [1.54, 1.807) is 29.2 Å². The van der Waals surface area contributed by atoms with Crippen LogP contribution in [0.1, 0.15) is 37.0 Å². The third-order valence-electron chi connectivity index (χ3n) is 3.93. The quantitative estimate of drug-likeness (QED) is 0.781. The van der Waals surface area contributed by atoms with E-state index in [0.717, 1.165) is 0 Å². The Labute approximate surface area is 128 Å². The molecule has 0 unspecified atom stereocenters. The SMILES string of the molecule is CC(C)(CCN1c2ccccc2C(=O)[C@H]1C(=O)O)CC(=O)O. The van der Waals surface area contributed by atoms with E-state index in [0.29, 0.717) is 24.2 Å². The van der Waals surface area contributed by atoms with Gasteiger partial charge >= 0.3 is 11.9 Å². The number of aliphatic carboxylic acids is 2. The molecule has 1 aromatic rings. The van der Waals surface area contributed by atoms with E-state index in [9.17, 15) is 19.5 Å². The van der Waals surface area contributed by atoms with E-state index >= 15 is 0 Å². The molecule has 0 aromatic heterocycles. The summed E-state index contributed by atoms with van der Waals surface area (Å²) in [5.74, 6) is -2.49. The summed E-state index contributed by atoms with van der Waals surface area (Å²) in [6, 6.07) is 5.58. The van der Waals surface area contributed by atoms with Crippen molar-refractivity contribution < 1.29 is 24.6 Å². The summed E-state index contributed by atoms with van der Waals surface area (Å²) in [7, 11) is 0. The van der Waals surface area contributed by atoms with Crippen LogP contribution in [0.3, 0.4) is 0 Å². The molecule has 1 aromatic carbocycles. The number of carboxylic acids is 2. The van der Waals surface area contributed by atoms with Crippen molar-refractivity contribution in [3.05, 3.63) is 29.8 Å². The Bertz CT molecular complexity index is 623. The molecule has 1 aliphatic heterocycles. The van der Waals surface area contributed by atoms with Crippen LogP contribution in [0.4, 0.5) is 5.69 Å². The van der Waals surface area contributed by atoms with Crippen LogP contribution in [0.5, 0.6) is 0 Å². The van der Waals surface area contributed by atoms with E-state index in [-0.39, 0.29) is 6.42 Å². The number of Topliss-reactive ketones (excluding diaryl/α,β-unsaturated/α-hetero) is 1. The van der Waals surface area contributed by atoms with Gasteiger partial charge in [0.05, 0.1) is 6.42 Å². The molecule has 0 saturated heterocycles. The van der Waals surface area contributed by atoms with Gasteiger partial charge in [-0.05, 0) is 24.0 Å². The van der Waals surface area contributed by atoms with Gasteiger partial charge in [-0.25, -0.2) is 4.79 Å². The Morgan fingerprint density at radius 1 is 1.23 bits per heavy atom. The lowest BCUT2D eigenvalue weighted by Gasteiger charge is -2.29. The maximum atomic E-state index is 12.2. The number of carbonyl (C=O) groups is 3. The summed E-state index contributed by atoms with van der Waals surface area (Å²) >= 11 is 0. The molecule has 1 aliphatic rings. The summed E-state index contributed by atoms with van der Waals surface area (Å²) in [5, 5.41) is 18.3. The van der Waals surface area contributed by atoms with Crippen molar-refractivity contribution in [2.24, 2.45) is 5.41 Å². The highest BCUT2D eigenvalue weighted by Gasteiger charge is 2.42. The highest BCUT2D eigenvalue weighted by atomic mass is 16.4. The van der Waals surface area contributed by atoms with Crippen LogP contribution in [0.15, 0.2) is 24.3 Å². The van der Waals surface area contributed by atoms with Crippen LogP contribution in [0.2, 0.25) is 0 Å². The fourth-order valence-corrected chi connectivity index (χ4v) is 2.78. The molecule has 0 bridgehead atoms. The molecule has 6 nitrogen and oxygen atoms in total. The van der Waals surface area contributed by atoms with Crippen molar-refractivity contribution in [1.29, 1.82) is 0 Å². The average Bonchev–Trinajstić information content (AvgIpc) is 2.69. The van der Waals surface area contributed by atoms with E-state index in [1.807, 2.05) is 13.8 Å². The van der Waals surface area contributed by atoms with E-state index < -0.39 is 29.2 Å². The zero-order valence-corrected chi connectivity index (χ0v) is 12.6. The molecule has 118 valence electrons. The highest BCUT2D eigenvalue weighted by Crippen LogP contribution is 2.34. The first kappa shape index (κ1) is 16.0. The number of carbonyl (C=O) groups excluding carboxylic acids is 1. The Hall–Kier alpha value is -2.37. The first-order valence-corrected chi connectivity index (χ1v) is 7.07. The van der Waals surface area contributed by atoms with Crippen LogP contribution >= 0.6 is 0 Å². The third-order valence-corrected chi connectivity index (χ3v) is 3.93. The van der Waals surface area contributed by atoms with Gasteiger partial charge in [0.25, 0.3) is 0 Å². The summed E-state index contributed by atoms with van der Waals surface area (Å²) in [6.45, 7) is 3.96. The predicted octanol–water partition coefficient (Wildman–Crippen LogP) is 2.03. The van der Waals surface area contributed by atoms with Crippen LogP contribution in [0, 0.1) is 5.41 Å². The van der Waals surface area contributed by atoms with Crippen molar-refractivity contribution in [2.45, 2.75) is 32.7 Å². The molecule has 2 N–H and O–H groups in total. The molecule has 0 spiro atoms. The fourth-order valence-electron chi connectivity index (χ4n) is 2.78. The molecule has 0 fully saturated rings. The van der Waals surface area contributed by atoms with Gasteiger partial charge in [0.2, 0.25) is 0 Å². The number of fused-ring (bicyclic) bond motifs is 1. The number of para-hydroxylation sites is 1. The number of hydrogen-bond acceptors (Lipinski definition) is 4. The predicted molar refractivity (Wildman–Crippen MR) is 80.2 cm³/mol. The Morgan fingerprint density at radius 2 is 1.86 bits per heavy atom. The van der Waals surface area contributed by atoms with E-state index in [4.69, 9.17) is 5.11 Å². The topological polar surface area (TPSA) is 94.9 Å². The minimum atomic E-state index is -1.22. The molecule has 0 saturated carbocycles. The van der Waals surface area contributed by atoms with Gasteiger partial charge in [0, 0.05) is 17.8 Å². The fraction of sp³-hybridized carbons (Fsp3) is 0.438. The summed E-state index contributed by atoms with van der Waals surface area (Å²) in [6.07, 6.45) is 0.471. The van der Waals surface area contributed by atoms with Gasteiger partial charge in [0.1, 0.15) is 0 Å². The van der Waals surface area contributed by atoms with Gasteiger partial charge in [-0.1, -0.05) is 26.0 Å². The van der Waals surface area contributed by atoms with Crippen molar-refractivity contribution in [1.82, 2.24) is 0 Å². The summed E-state index contributed by atoms with van der Waals surface area (Å²) in [4.78, 5) is 36.1. The Balaban J connectivity index is 2.22. The number of benzene rings is 1. The van der Waals surface area contributed by atoms with Gasteiger partial charge < -0.3 is 15.1 Å². The Morgan fingerprint density at radius 3 is 2.45 bits per heavy atom. The number of nitrogens with zero attached hydrogens (tertiary/aromatic N) is 1. The zero-order valence-electron chi connectivity index (χ0n) is 12.6. The van der Waals surface area contributed by atoms with Crippen LogP contribution < -0.4 is 4.90 Å². The van der Waals surface area contributed by atoms with Crippen LogP contribution in [-0.4, -0.2) is 40.5 Å². The third kappa shape index (κ3) is 3.10. The van der Waals surface area contributed by atoms with Gasteiger partial charge in [-0.2, -0.15) is 0 Å². The monoisotopic (exact) mass is 305 g/mol. The average molecular weight is 305 g/mol. The number of hydrogen-bond donors (Lipinski definition) is 2. The molecule has 6 heteroatoms. The molecule has 0 aliphatic carbocycles. The minimum Gasteiger partial charge on any atom is -0.481 e. The first-order valence-electron chi connectivity index (χ1n) is 7.07. The van der Waals surface area contributed by atoms with Crippen molar-refractivity contribution in [2.75, 3.05) is 11.4 Å². The first-order chi connectivity index (χ1) is 10.2. The largest absolute Gasteiger partial charge is 0.481 e. The minimum absolute atomic E-state index is 0.00578. The second-order valence-corrected chi connectivity index (χ2v) is 6.30. The smallest absolute Gasteiger partial charge is 0.334 e. The molecule has 1 heterocycles. The van der Waals surface area contributed by atoms with Gasteiger partial charge in [-0.15, -0.1) is 0 Å². The second-order valence-electron chi connectivity index (χ2n) is 6.30. The molecular formula is C16H19NO5. The van der Waals surface area contributed by atoms with Gasteiger partial charge in [-0.3, -0.25) is 9.59 Å². The molecule has 0 radical (unpaired) electrons. The molecule has 2 rings (SSSR count). The molecule has 1 atom stereocenters. The van der Waals surface area contributed by atoms with E-state index in [2.05, 4.69) is 0 Å². The van der Waals surface area contributed by atoms with E-state index in [1.165, 1.54) is 0 Å². The normalized spacial score (nSPS) is 17.5. The molecular weight excluding hydrogens is 286 g/mol. The molecule has 0 amide bonds. The van der Waals surface area contributed by atoms with Crippen LogP contribution in [-0.2, 0) is 9.59 Å². The lowest BCUT2D eigenvalue weighted by molar-refractivity contribution is -0.140. The summed E-state index contributed by atoms with van der Waals surface area (Å²) in [5.41, 5.74) is 0.534. The maximum Gasteiger partial charge on any atom is 0.334 e. The van der Waals surface area contributed by atoms with Gasteiger partial charge in [0.15, 0.2) is 11.8 Å². The maximum absolute atomic E-state index is 12.2. The standard InChI is InChI=1S/C16H19NO5/c1-16(2,9-12(18)19)7-8-17-11-6-4-3-5-10(11)14(20)13(17)15(21)22/h3-6,13H,7-9H2,1-2H3,(H,18,19)(H,21,22)/t13-/m0/s1. The molecule has 22 heavy (non-hydrogen) atoms. The van der Waals surface area contributed by atoms with Crippen molar-refractivity contribution in [3.8, 4) is 0 Å². The van der Waals surface area contributed by atoms with Crippen LogP contribution in [0.25, 0.3) is 0 Å². The highest BCUT2D eigenvalue weighted by molar-refractivity contribution is 6.20. The number of ketones is 1. The Kier molecular flexibility index (Phi) is 4.21. The zero-order chi connectivity index (χ0) is 16.5. The second kappa shape index (κ2) is 5.79. The number of carboxylic acid groups (broad SMARTS) is 2.